The molecular formula is C31H49N5O7S2. The van der Waals surface area contributed by atoms with Gasteiger partial charge in [0.25, 0.3) is 11.8 Å². The van der Waals surface area contributed by atoms with Crippen LogP contribution in [0.2, 0.25) is 0 Å². The number of carbonyl (C=O) groups excluding carboxylic acids is 2. The van der Waals surface area contributed by atoms with Crippen LogP contribution in [0.15, 0.2) is 53.4 Å². The first-order valence-electron chi connectivity index (χ1n) is 15.1. The van der Waals surface area contributed by atoms with Crippen LogP contribution in [-0.4, -0.2) is 107 Å². The van der Waals surface area contributed by atoms with Crippen LogP contribution in [0.25, 0.3) is 0 Å². The molecule has 0 aliphatic rings. The first-order chi connectivity index (χ1) is 21.0. The highest BCUT2D eigenvalue weighted by atomic mass is 32.2. The highest BCUT2D eigenvalue weighted by Gasteiger charge is 2.28. The quantitative estimate of drug-likeness (QED) is 0.205. The van der Waals surface area contributed by atoms with Gasteiger partial charge in [-0.2, -0.15) is 0 Å². The lowest BCUT2D eigenvalue weighted by molar-refractivity contribution is 0.0687. The third kappa shape index (κ3) is 11.8. The number of likely N-dealkylation sites (N-methyl/N-ethyl adjacent to an activating group) is 1. The zero-order valence-electron chi connectivity index (χ0n) is 27.4. The Balaban J connectivity index is 2.49. The first-order valence-corrected chi connectivity index (χ1v) is 18.2. The van der Waals surface area contributed by atoms with Crippen LogP contribution >= 0.6 is 0 Å². The second-order valence-electron chi connectivity index (χ2n) is 11.8. The van der Waals surface area contributed by atoms with E-state index in [-0.39, 0.29) is 46.6 Å². The fourth-order valence-electron chi connectivity index (χ4n) is 4.81. The summed E-state index contributed by atoms with van der Waals surface area (Å²) in [4.78, 5) is 31.1. The number of hydrazine groups is 1. The first kappa shape index (κ1) is 38.3. The number of aliphatic hydroxyl groups excluding tert-OH is 1. The van der Waals surface area contributed by atoms with Gasteiger partial charge in [0, 0.05) is 51.9 Å². The number of hydrogen-bond acceptors (Lipinski definition) is 8. The molecule has 0 spiro atoms. The molecule has 0 saturated heterocycles. The Kier molecular flexibility index (Phi) is 14.6. The average Bonchev–Trinajstić information content (AvgIpc) is 2.95. The van der Waals surface area contributed by atoms with E-state index in [1.165, 1.54) is 44.4 Å². The van der Waals surface area contributed by atoms with Crippen molar-refractivity contribution in [2.24, 2.45) is 5.92 Å². The molecule has 2 aromatic carbocycles. The number of sulfonamides is 2. The van der Waals surface area contributed by atoms with Crippen LogP contribution < -0.4 is 10.1 Å². The van der Waals surface area contributed by atoms with Crippen molar-refractivity contribution in [3.63, 3.8) is 0 Å². The third-order valence-corrected chi connectivity index (χ3v) is 10.3. The van der Waals surface area contributed by atoms with E-state index in [1.807, 2.05) is 44.2 Å². The molecule has 12 nitrogen and oxygen atoms in total. The normalized spacial score (nSPS) is 13.7. The van der Waals surface area contributed by atoms with Gasteiger partial charge in [-0.25, -0.2) is 26.1 Å². The summed E-state index contributed by atoms with van der Waals surface area (Å²) < 4.78 is 52.2. The van der Waals surface area contributed by atoms with Crippen molar-refractivity contribution in [1.82, 2.24) is 24.4 Å². The van der Waals surface area contributed by atoms with Gasteiger partial charge >= 0.3 is 0 Å². The maximum Gasteiger partial charge on any atom is 0.253 e. The van der Waals surface area contributed by atoms with Gasteiger partial charge in [-0.1, -0.05) is 58.0 Å². The van der Waals surface area contributed by atoms with E-state index in [0.29, 0.717) is 25.9 Å². The second-order valence-corrected chi connectivity index (χ2v) is 15.7. The van der Waals surface area contributed by atoms with Crippen molar-refractivity contribution in [3.8, 4) is 0 Å². The lowest BCUT2D eigenvalue weighted by Gasteiger charge is -2.28. The Morgan fingerprint density at radius 2 is 1.47 bits per heavy atom. The van der Waals surface area contributed by atoms with E-state index in [1.54, 1.807) is 18.7 Å². The average molecular weight is 668 g/mol. The molecule has 2 amide bonds. The van der Waals surface area contributed by atoms with E-state index in [0.717, 1.165) is 9.87 Å². The number of nitrogens with zero attached hydrogens (tertiary/aromatic N) is 3. The summed E-state index contributed by atoms with van der Waals surface area (Å²) in [5.74, 6) is -1.29. The van der Waals surface area contributed by atoms with Crippen LogP contribution in [0.4, 0.5) is 0 Å². The van der Waals surface area contributed by atoms with Gasteiger partial charge in [0.2, 0.25) is 20.0 Å². The van der Waals surface area contributed by atoms with Crippen molar-refractivity contribution in [3.05, 3.63) is 65.2 Å². The minimum Gasteiger partial charge on any atom is -0.390 e. The minimum absolute atomic E-state index is 0.0597. The molecule has 0 aromatic heterocycles. The molecular weight excluding hydrogens is 619 g/mol. The van der Waals surface area contributed by atoms with Gasteiger partial charge in [-0.15, -0.1) is 4.83 Å². The summed E-state index contributed by atoms with van der Waals surface area (Å²) in [6, 6.07) is 12.1. The summed E-state index contributed by atoms with van der Waals surface area (Å²) in [6.45, 7) is 8.22. The van der Waals surface area contributed by atoms with Crippen LogP contribution in [0.1, 0.15) is 66.8 Å². The molecule has 2 unspecified atom stereocenters. The van der Waals surface area contributed by atoms with Gasteiger partial charge in [0.05, 0.1) is 22.8 Å². The number of amides is 2. The molecule has 0 heterocycles. The van der Waals surface area contributed by atoms with E-state index in [9.17, 15) is 31.5 Å². The molecule has 0 bridgehead atoms. The molecule has 2 atom stereocenters. The van der Waals surface area contributed by atoms with Gasteiger partial charge in [-0.05, 0) is 48.9 Å². The van der Waals surface area contributed by atoms with E-state index >= 15 is 0 Å². The Morgan fingerprint density at radius 3 is 2.00 bits per heavy atom. The number of benzene rings is 2. The fraction of sp³-hybridized carbons (Fsp3) is 0.548. The van der Waals surface area contributed by atoms with E-state index < -0.39 is 38.1 Å². The van der Waals surface area contributed by atoms with Gasteiger partial charge in [0.1, 0.15) is 0 Å². The Labute approximate surface area is 268 Å². The Bertz CT molecular complexity index is 1480. The minimum atomic E-state index is -4.01. The van der Waals surface area contributed by atoms with Crippen LogP contribution in [-0.2, 0) is 26.5 Å². The molecule has 2 aromatic rings. The number of carbonyl (C=O) groups is 2. The molecule has 45 heavy (non-hydrogen) atoms. The van der Waals surface area contributed by atoms with E-state index in [2.05, 4.69) is 10.1 Å². The molecule has 252 valence electrons. The number of nitrogens with one attached hydrogen (secondary N) is 2. The predicted molar refractivity (Wildman–Crippen MR) is 176 cm³/mol. The second kappa shape index (κ2) is 17.2. The third-order valence-electron chi connectivity index (χ3n) is 6.86. The van der Waals surface area contributed by atoms with Crippen molar-refractivity contribution in [1.29, 1.82) is 0 Å². The van der Waals surface area contributed by atoms with Crippen LogP contribution in [0.5, 0.6) is 0 Å². The summed E-state index contributed by atoms with van der Waals surface area (Å²) in [6.07, 6.45) is 0.370. The van der Waals surface area contributed by atoms with Crippen LogP contribution in [0, 0.1) is 5.92 Å². The molecule has 0 fully saturated rings. The number of aliphatic hydroxyl groups is 1. The highest BCUT2D eigenvalue weighted by molar-refractivity contribution is 7.89. The SMILES string of the molecule is CCCN(CCC)C(=O)c1cc(C(=O)NC(Cc2ccccc2)C(O)CN(C)NS(=O)(=O)CC(C)C)cc(S(=O)(=O)N(C)C)c1. The smallest absolute Gasteiger partial charge is 0.253 e. The van der Waals surface area contributed by atoms with Gasteiger partial charge < -0.3 is 15.3 Å². The molecule has 0 aliphatic heterocycles. The highest BCUT2D eigenvalue weighted by Crippen LogP contribution is 2.21. The summed E-state index contributed by atoms with van der Waals surface area (Å²) in [7, 11) is -3.46. The summed E-state index contributed by atoms with van der Waals surface area (Å²) >= 11 is 0. The molecule has 3 N–H and O–H groups in total. The molecule has 0 radical (unpaired) electrons. The van der Waals surface area contributed by atoms with Gasteiger partial charge in [-0.3, -0.25) is 9.59 Å². The Morgan fingerprint density at radius 1 is 0.889 bits per heavy atom. The summed E-state index contributed by atoms with van der Waals surface area (Å²) in [5, 5.41) is 15.3. The van der Waals surface area contributed by atoms with Crippen LogP contribution in [0.3, 0.4) is 0 Å². The number of rotatable bonds is 18. The van der Waals surface area contributed by atoms with E-state index in [4.69, 9.17) is 0 Å². The largest absolute Gasteiger partial charge is 0.390 e. The molecule has 2 rings (SSSR count). The fourth-order valence-corrected chi connectivity index (χ4v) is 7.29. The van der Waals surface area contributed by atoms with Gasteiger partial charge in [0.15, 0.2) is 0 Å². The van der Waals surface area contributed by atoms with Crippen molar-refractivity contribution in [2.45, 2.75) is 64.0 Å². The standard InChI is InChI=1S/C31H49N5O7S2/c1-8-15-36(16-9-2)31(39)26-18-25(19-27(20-26)45(42,43)34(5)6)30(38)32-28(17-24-13-11-10-12-14-24)29(37)21-35(7)33-44(40,41)22-23(3)4/h10-14,18-20,23,28-29,33,37H,8-9,15-17,21-22H2,1-7H3,(H,32,38). The van der Waals surface area contributed by atoms with Crippen molar-refractivity contribution in [2.75, 3.05) is 46.5 Å². The lowest BCUT2D eigenvalue weighted by atomic mass is 10.00. The zero-order chi connectivity index (χ0) is 33.9. The maximum absolute atomic E-state index is 13.8. The molecule has 0 saturated carbocycles. The summed E-state index contributed by atoms with van der Waals surface area (Å²) in [5.41, 5.74) is 0.800. The zero-order valence-corrected chi connectivity index (χ0v) is 29.0. The monoisotopic (exact) mass is 667 g/mol. The lowest BCUT2D eigenvalue weighted by Crippen LogP contribution is -2.52. The van der Waals surface area contributed by atoms with Crippen molar-refractivity contribution >= 4 is 31.9 Å². The molecule has 14 heteroatoms. The number of hydrogen-bond donors (Lipinski definition) is 3. The molecule has 0 aliphatic carbocycles. The Hall–Kier alpha value is -2.88. The predicted octanol–water partition coefficient (Wildman–Crippen LogP) is 2.32. The van der Waals surface area contributed by atoms with Crippen molar-refractivity contribution < 1.29 is 31.5 Å². The maximum atomic E-state index is 13.8. The topological polar surface area (TPSA) is 156 Å².